The third-order valence-corrected chi connectivity index (χ3v) is 3.46. The summed E-state index contributed by atoms with van der Waals surface area (Å²) in [5.41, 5.74) is 1.19. The highest BCUT2D eigenvalue weighted by atomic mass is 35.5. The smallest absolute Gasteiger partial charge is 0.131 e. The number of hydrogen-bond acceptors (Lipinski definition) is 2. The average molecular weight is 282 g/mol. The lowest BCUT2D eigenvalue weighted by Crippen LogP contribution is -2.35. The van der Waals surface area contributed by atoms with E-state index in [1.807, 2.05) is 30.3 Å². The van der Waals surface area contributed by atoms with Gasteiger partial charge in [-0.25, -0.2) is 4.39 Å². The summed E-state index contributed by atoms with van der Waals surface area (Å²) in [6, 6.07) is 11.1. The Morgan fingerprint density at radius 1 is 1.00 bits per heavy atom. The van der Waals surface area contributed by atoms with Crippen LogP contribution in [0.1, 0.15) is 5.56 Å². The van der Waals surface area contributed by atoms with E-state index in [1.165, 1.54) is 5.56 Å². The molecule has 102 valence electrons. The quantitative estimate of drug-likeness (QED) is 0.838. The summed E-state index contributed by atoms with van der Waals surface area (Å²) in [6.07, 6.45) is 0. The van der Waals surface area contributed by atoms with Crippen molar-refractivity contribution in [3.05, 3.63) is 47.8 Å². The minimum Gasteiger partial charge on any atom is -0.379 e. The summed E-state index contributed by atoms with van der Waals surface area (Å²) in [5, 5.41) is 1.73. The van der Waals surface area contributed by atoms with E-state index in [-0.39, 0.29) is 18.2 Å². The number of halogens is 2. The minimum atomic E-state index is -0.142. The predicted octanol–water partition coefficient (Wildman–Crippen LogP) is 3.23. The molecule has 1 fully saturated rings. The van der Waals surface area contributed by atoms with Crippen molar-refractivity contribution < 1.29 is 9.13 Å². The Balaban J connectivity index is 0.00000133. The van der Waals surface area contributed by atoms with Crippen LogP contribution >= 0.6 is 12.4 Å². The Morgan fingerprint density at radius 2 is 1.68 bits per heavy atom. The number of morpholine rings is 1. The molecule has 2 aromatic carbocycles. The van der Waals surface area contributed by atoms with Gasteiger partial charge in [0.25, 0.3) is 0 Å². The normalized spacial score (nSPS) is 16.3. The average Bonchev–Trinajstić information content (AvgIpc) is 2.44. The minimum absolute atomic E-state index is 0. The highest BCUT2D eigenvalue weighted by molar-refractivity contribution is 5.86. The van der Waals surface area contributed by atoms with Crippen LogP contribution in [0, 0.1) is 5.82 Å². The first kappa shape index (κ1) is 14.3. The molecule has 19 heavy (non-hydrogen) atoms. The summed E-state index contributed by atoms with van der Waals surface area (Å²) in [6.45, 7) is 4.35. The molecule has 0 atom stereocenters. The van der Waals surface area contributed by atoms with Crippen molar-refractivity contribution in [2.75, 3.05) is 26.3 Å². The SMILES string of the molecule is Cl.Fc1ccc(CN2CCOCC2)c2ccccc12. The van der Waals surface area contributed by atoms with Gasteiger partial charge in [0, 0.05) is 25.0 Å². The van der Waals surface area contributed by atoms with Crippen molar-refractivity contribution in [1.29, 1.82) is 0 Å². The van der Waals surface area contributed by atoms with Crippen LogP contribution in [-0.4, -0.2) is 31.2 Å². The Bertz CT molecular complexity index is 555. The number of rotatable bonds is 2. The molecule has 0 aromatic heterocycles. The van der Waals surface area contributed by atoms with Gasteiger partial charge in [0.05, 0.1) is 13.2 Å². The molecule has 0 bridgehead atoms. The monoisotopic (exact) mass is 281 g/mol. The van der Waals surface area contributed by atoms with E-state index >= 15 is 0 Å². The second kappa shape index (κ2) is 6.33. The fraction of sp³-hybridized carbons (Fsp3) is 0.333. The van der Waals surface area contributed by atoms with Crippen LogP contribution < -0.4 is 0 Å². The van der Waals surface area contributed by atoms with Crippen molar-refractivity contribution in [3.63, 3.8) is 0 Å². The molecule has 1 aliphatic heterocycles. The summed E-state index contributed by atoms with van der Waals surface area (Å²) in [7, 11) is 0. The Labute approximate surface area is 118 Å². The number of fused-ring (bicyclic) bond motifs is 1. The van der Waals surface area contributed by atoms with Crippen LogP contribution in [0.4, 0.5) is 4.39 Å². The summed E-state index contributed by atoms with van der Waals surface area (Å²) >= 11 is 0. The maximum Gasteiger partial charge on any atom is 0.131 e. The van der Waals surface area contributed by atoms with Gasteiger partial charge in [0.15, 0.2) is 0 Å². The van der Waals surface area contributed by atoms with E-state index in [4.69, 9.17) is 4.74 Å². The molecule has 1 saturated heterocycles. The molecule has 0 aliphatic carbocycles. The van der Waals surface area contributed by atoms with Crippen molar-refractivity contribution >= 4 is 23.2 Å². The second-order valence-corrected chi connectivity index (χ2v) is 4.64. The Hall–Kier alpha value is -1.16. The lowest BCUT2D eigenvalue weighted by molar-refractivity contribution is 0.0343. The van der Waals surface area contributed by atoms with Crippen LogP contribution in [0.25, 0.3) is 10.8 Å². The van der Waals surface area contributed by atoms with Crippen molar-refractivity contribution in [1.82, 2.24) is 4.90 Å². The van der Waals surface area contributed by atoms with Crippen LogP contribution in [0.2, 0.25) is 0 Å². The fourth-order valence-electron chi connectivity index (χ4n) is 2.46. The number of nitrogens with zero attached hydrogens (tertiary/aromatic N) is 1. The summed E-state index contributed by atoms with van der Waals surface area (Å²) in [4.78, 5) is 2.35. The summed E-state index contributed by atoms with van der Waals surface area (Å²) < 4.78 is 19.1. The van der Waals surface area contributed by atoms with E-state index in [0.29, 0.717) is 5.39 Å². The number of ether oxygens (including phenoxy) is 1. The predicted molar refractivity (Wildman–Crippen MR) is 77.3 cm³/mol. The third kappa shape index (κ3) is 3.06. The Morgan fingerprint density at radius 3 is 2.42 bits per heavy atom. The second-order valence-electron chi connectivity index (χ2n) is 4.64. The van der Waals surface area contributed by atoms with Crippen LogP contribution in [0.5, 0.6) is 0 Å². The first-order chi connectivity index (χ1) is 8.84. The van der Waals surface area contributed by atoms with E-state index < -0.39 is 0 Å². The van der Waals surface area contributed by atoms with E-state index in [1.54, 1.807) is 6.07 Å². The highest BCUT2D eigenvalue weighted by Crippen LogP contribution is 2.23. The number of hydrogen-bond donors (Lipinski definition) is 0. The zero-order valence-electron chi connectivity index (χ0n) is 10.6. The molecule has 4 heteroatoms. The molecule has 1 aliphatic rings. The molecular weight excluding hydrogens is 265 g/mol. The molecule has 0 amide bonds. The van der Waals surface area contributed by atoms with Gasteiger partial charge < -0.3 is 4.74 Å². The largest absolute Gasteiger partial charge is 0.379 e. The van der Waals surface area contributed by atoms with Crippen LogP contribution in [0.3, 0.4) is 0 Å². The van der Waals surface area contributed by atoms with Gasteiger partial charge in [0.1, 0.15) is 5.82 Å². The zero-order chi connectivity index (χ0) is 12.4. The Kier molecular flexibility index (Phi) is 4.75. The molecule has 1 heterocycles. The molecule has 0 saturated carbocycles. The van der Waals surface area contributed by atoms with Gasteiger partial charge in [-0.3, -0.25) is 4.90 Å². The molecule has 2 nitrogen and oxygen atoms in total. The van der Waals surface area contributed by atoms with Gasteiger partial charge in [-0.05, 0) is 17.0 Å². The van der Waals surface area contributed by atoms with Crippen molar-refractivity contribution in [2.45, 2.75) is 6.54 Å². The first-order valence-corrected chi connectivity index (χ1v) is 6.31. The zero-order valence-corrected chi connectivity index (χ0v) is 11.5. The van der Waals surface area contributed by atoms with Gasteiger partial charge in [-0.1, -0.05) is 30.3 Å². The van der Waals surface area contributed by atoms with E-state index in [2.05, 4.69) is 4.90 Å². The van der Waals surface area contributed by atoms with Gasteiger partial charge >= 0.3 is 0 Å². The topological polar surface area (TPSA) is 12.5 Å². The molecule has 2 aromatic rings. The third-order valence-electron chi connectivity index (χ3n) is 3.46. The molecule has 0 radical (unpaired) electrons. The molecular formula is C15H17ClFNO. The molecule has 3 rings (SSSR count). The van der Waals surface area contributed by atoms with Crippen molar-refractivity contribution in [2.24, 2.45) is 0 Å². The highest BCUT2D eigenvalue weighted by Gasteiger charge is 2.13. The molecule has 0 N–H and O–H groups in total. The van der Waals surface area contributed by atoms with Gasteiger partial charge in [-0.2, -0.15) is 0 Å². The lowest BCUT2D eigenvalue weighted by Gasteiger charge is -2.27. The van der Waals surface area contributed by atoms with Gasteiger partial charge in [0.2, 0.25) is 0 Å². The molecule has 0 unspecified atom stereocenters. The standard InChI is InChI=1S/C15H16FNO.ClH/c16-15-6-5-12(11-17-7-9-18-10-8-17)13-3-1-2-4-14(13)15;/h1-6H,7-11H2;1H. The molecule has 0 spiro atoms. The van der Waals surface area contributed by atoms with Gasteiger partial charge in [-0.15, -0.1) is 12.4 Å². The van der Waals surface area contributed by atoms with Crippen LogP contribution in [-0.2, 0) is 11.3 Å². The first-order valence-electron chi connectivity index (χ1n) is 6.31. The lowest BCUT2D eigenvalue weighted by atomic mass is 10.0. The van der Waals surface area contributed by atoms with Crippen molar-refractivity contribution in [3.8, 4) is 0 Å². The van der Waals surface area contributed by atoms with Crippen LogP contribution in [0.15, 0.2) is 36.4 Å². The maximum absolute atomic E-state index is 13.7. The summed E-state index contributed by atoms with van der Waals surface area (Å²) in [5.74, 6) is -0.142. The maximum atomic E-state index is 13.7. The fourth-order valence-corrected chi connectivity index (χ4v) is 2.46. The number of benzene rings is 2. The van der Waals surface area contributed by atoms with E-state index in [0.717, 1.165) is 38.2 Å². The van der Waals surface area contributed by atoms with E-state index in [9.17, 15) is 4.39 Å².